The number of anilines is 1. The number of hydrogen-bond donors (Lipinski definition) is 3. The molecule has 3 rings (SSSR count). The number of hydrogen-bond acceptors (Lipinski definition) is 8. The molecule has 0 aliphatic heterocycles. The minimum atomic E-state index is -4.23. The van der Waals surface area contributed by atoms with E-state index in [-0.39, 0.29) is 16.8 Å². The lowest BCUT2D eigenvalue weighted by Gasteiger charge is -2.27. The molecule has 1 heterocycles. The van der Waals surface area contributed by atoms with Gasteiger partial charge in [-0.3, -0.25) is 4.79 Å². The molecular formula is C25H35N5O5S. The molecule has 11 heteroatoms. The number of aromatic nitrogens is 2. The molecule has 1 aromatic heterocycles. The van der Waals surface area contributed by atoms with Crippen LogP contribution in [0.1, 0.15) is 65.0 Å². The third-order valence-corrected chi connectivity index (χ3v) is 7.19. The van der Waals surface area contributed by atoms with Gasteiger partial charge in [0, 0.05) is 11.3 Å². The lowest BCUT2D eigenvalue weighted by atomic mass is 9.84. The van der Waals surface area contributed by atoms with E-state index in [2.05, 4.69) is 20.0 Å². The zero-order valence-corrected chi connectivity index (χ0v) is 22.0. The van der Waals surface area contributed by atoms with Crippen molar-refractivity contribution < 1.29 is 22.7 Å². The van der Waals surface area contributed by atoms with Crippen LogP contribution in [0.5, 0.6) is 0 Å². The molecule has 2 aromatic rings. The van der Waals surface area contributed by atoms with Gasteiger partial charge in [0.2, 0.25) is 5.95 Å². The highest BCUT2D eigenvalue weighted by atomic mass is 32.2. The first-order chi connectivity index (χ1) is 16.8. The molecule has 36 heavy (non-hydrogen) atoms. The van der Waals surface area contributed by atoms with E-state index in [9.17, 15) is 18.0 Å². The van der Waals surface area contributed by atoms with Crippen molar-refractivity contribution in [3.05, 3.63) is 36.0 Å². The molecule has 0 unspecified atom stereocenters. The van der Waals surface area contributed by atoms with E-state index in [1.54, 1.807) is 45.9 Å². The Kier molecular flexibility index (Phi) is 8.55. The summed E-state index contributed by atoms with van der Waals surface area (Å²) in [7, 11) is -4.23. The van der Waals surface area contributed by atoms with Gasteiger partial charge < -0.3 is 15.8 Å². The number of carbonyl (C=O) groups excluding carboxylic acids is 2. The predicted molar refractivity (Wildman–Crippen MR) is 136 cm³/mol. The molecule has 10 nitrogen and oxygen atoms in total. The molecule has 0 radical (unpaired) electrons. The number of ether oxygens (including phenoxy) is 1. The van der Waals surface area contributed by atoms with Crippen LogP contribution in [0.2, 0.25) is 0 Å². The lowest BCUT2D eigenvalue weighted by Crippen LogP contribution is -2.50. The lowest BCUT2D eigenvalue weighted by molar-refractivity contribution is -0.121. The highest BCUT2D eigenvalue weighted by Gasteiger charge is 2.31. The second-order valence-corrected chi connectivity index (χ2v) is 11.9. The number of carbonyl (C=O) groups is 2. The number of benzene rings is 1. The Morgan fingerprint density at radius 1 is 1.14 bits per heavy atom. The summed E-state index contributed by atoms with van der Waals surface area (Å²) >= 11 is 0. The van der Waals surface area contributed by atoms with E-state index in [0.717, 1.165) is 32.1 Å². The Morgan fingerprint density at radius 3 is 2.47 bits per heavy atom. The van der Waals surface area contributed by atoms with E-state index in [1.807, 2.05) is 0 Å². The monoisotopic (exact) mass is 517 g/mol. The van der Waals surface area contributed by atoms with Crippen LogP contribution in [0, 0.1) is 12.8 Å². The van der Waals surface area contributed by atoms with Gasteiger partial charge in [-0.15, -0.1) is 0 Å². The number of nitrogens with two attached hydrogens (primary N) is 1. The van der Waals surface area contributed by atoms with Crippen molar-refractivity contribution in [2.45, 2.75) is 82.8 Å². The van der Waals surface area contributed by atoms with Gasteiger partial charge in [0.1, 0.15) is 11.6 Å². The van der Waals surface area contributed by atoms with Gasteiger partial charge in [-0.05, 0) is 58.2 Å². The number of amides is 2. The molecule has 1 aliphatic rings. The van der Waals surface area contributed by atoms with E-state index in [4.69, 9.17) is 10.5 Å². The van der Waals surface area contributed by atoms with Crippen LogP contribution >= 0.6 is 0 Å². The quantitative estimate of drug-likeness (QED) is 0.502. The number of alkyl carbamates (subject to hydrolysis) is 1. The fourth-order valence-corrected chi connectivity index (χ4v) is 5.33. The minimum Gasteiger partial charge on any atom is -0.444 e. The van der Waals surface area contributed by atoms with Gasteiger partial charge >= 0.3 is 6.09 Å². The second-order valence-electron chi connectivity index (χ2n) is 10.2. The van der Waals surface area contributed by atoms with Crippen molar-refractivity contribution in [1.29, 1.82) is 0 Å². The highest BCUT2D eigenvalue weighted by molar-refractivity contribution is 7.90. The Labute approximate surface area is 212 Å². The largest absolute Gasteiger partial charge is 0.444 e. The molecule has 1 fully saturated rings. The summed E-state index contributed by atoms with van der Waals surface area (Å²) in [6.07, 6.45) is 4.64. The number of sulfonamides is 1. The predicted octanol–water partition coefficient (Wildman–Crippen LogP) is 3.70. The number of nitrogens with zero attached hydrogens (tertiary/aromatic N) is 2. The molecule has 1 aliphatic carbocycles. The zero-order valence-electron chi connectivity index (χ0n) is 21.2. The maximum atomic E-state index is 13.2. The number of nitrogens with one attached hydrogen (secondary N) is 2. The molecular weight excluding hydrogens is 482 g/mol. The normalized spacial score (nSPS) is 15.7. The maximum absolute atomic E-state index is 13.2. The summed E-state index contributed by atoms with van der Waals surface area (Å²) in [4.78, 5) is 33.7. The van der Waals surface area contributed by atoms with Gasteiger partial charge in [0.15, 0.2) is 0 Å². The number of rotatable bonds is 7. The topological polar surface area (TPSA) is 153 Å². The highest BCUT2D eigenvalue weighted by Crippen LogP contribution is 2.28. The zero-order chi connectivity index (χ0) is 26.5. The fraction of sp³-hybridized carbons (Fsp3) is 0.520. The van der Waals surface area contributed by atoms with Crippen LogP contribution in [-0.2, 0) is 19.6 Å². The van der Waals surface area contributed by atoms with E-state index in [0.29, 0.717) is 23.4 Å². The van der Waals surface area contributed by atoms with Crippen LogP contribution < -0.4 is 15.8 Å². The summed E-state index contributed by atoms with van der Waals surface area (Å²) < 4.78 is 33.7. The molecule has 0 bridgehead atoms. The Balaban J connectivity index is 1.81. The maximum Gasteiger partial charge on any atom is 0.408 e. The van der Waals surface area contributed by atoms with Crippen LogP contribution in [0.4, 0.5) is 10.7 Å². The Hall–Kier alpha value is -3.21. The average molecular weight is 518 g/mol. The van der Waals surface area contributed by atoms with Crippen molar-refractivity contribution in [2.24, 2.45) is 5.92 Å². The molecule has 196 valence electrons. The molecule has 1 saturated carbocycles. The van der Waals surface area contributed by atoms with Crippen molar-refractivity contribution in [3.63, 3.8) is 0 Å². The third-order valence-electron chi connectivity index (χ3n) is 5.85. The summed E-state index contributed by atoms with van der Waals surface area (Å²) in [5.41, 5.74) is 6.58. The molecule has 4 N–H and O–H groups in total. The van der Waals surface area contributed by atoms with Gasteiger partial charge in [0.05, 0.1) is 10.6 Å². The summed E-state index contributed by atoms with van der Waals surface area (Å²) in [6, 6.07) is 6.68. The van der Waals surface area contributed by atoms with Crippen LogP contribution in [0.25, 0.3) is 11.3 Å². The first-order valence-electron chi connectivity index (χ1n) is 12.1. The average Bonchev–Trinajstić information content (AvgIpc) is 2.77. The van der Waals surface area contributed by atoms with E-state index in [1.165, 1.54) is 12.1 Å². The second kappa shape index (κ2) is 11.2. The van der Waals surface area contributed by atoms with E-state index < -0.39 is 33.7 Å². The molecule has 1 atom stereocenters. The number of nitrogen functional groups attached to an aromatic ring is 1. The SMILES string of the molecule is Cc1cc(-c2cccc(S(=O)(=O)NC(=O)[C@H](CC3CCCCC3)NC(=O)OC(C)(C)C)c2)nc(N)n1. The molecule has 0 spiro atoms. The summed E-state index contributed by atoms with van der Waals surface area (Å²) in [5, 5.41) is 2.58. The smallest absolute Gasteiger partial charge is 0.408 e. The van der Waals surface area contributed by atoms with Crippen molar-refractivity contribution in [3.8, 4) is 11.3 Å². The standard InChI is InChI=1S/C25H35N5O5S/c1-16-13-20(28-23(26)27-16)18-11-8-12-19(15-18)36(33,34)30-22(31)21(14-17-9-6-5-7-10-17)29-24(32)35-25(2,3)4/h8,11-13,15,17,21H,5-7,9-10,14H2,1-4H3,(H,29,32)(H,30,31)(H2,26,27,28)/t21-/m0/s1. The van der Waals surface area contributed by atoms with Gasteiger partial charge in [0.25, 0.3) is 15.9 Å². The number of aryl methyl sites for hydroxylation is 1. The van der Waals surface area contributed by atoms with E-state index >= 15 is 0 Å². The van der Waals surface area contributed by atoms with Crippen LogP contribution in [0.15, 0.2) is 35.2 Å². The van der Waals surface area contributed by atoms with Gasteiger partial charge in [-0.1, -0.05) is 44.2 Å². The Bertz CT molecular complexity index is 1180. The van der Waals surface area contributed by atoms with Crippen molar-refractivity contribution in [1.82, 2.24) is 20.0 Å². The first-order valence-corrected chi connectivity index (χ1v) is 13.6. The third kappa shape index (κ3) is 7.91. The van der Waals surface area contributed by atoms with Crippen molar-refractivity contribution in [2.75, 3.05) is 5.73 Å². The van der Waals surface area contributed by atoms with Crippen molar-refractivity contribution >= 4 is 28.0 Å². The first kappa shape index (κ1) is 27.4. The summed E-state index contributed by atoms with van der Waals surface area (Å²) in [6.45, 7) is 6.90. The van der Waals surface area contributed by atoms with Gasteiger partial charge in [-0.25, -0.2) is 27.9 Å². The van der Waals surface area contributed by atoms with Crippen LogP contribution in [-0.4, -0.2) is 42.0 Å². The molecule has 1 aromatic carbocycles. The Morgan fingerprint density at radius 2 is 1.83 bits per heavy atom. The minimum absolute atomic E-state index is 0.0744. The summed E-state index contributed by atoms with van der Waals surface area (Å²) in [5.74, 6) is -0.522. The van der Waals surface area contributed by atoms with Gasteiger partial charge in [-0.2, -0.15) is 0 Å². The molecule has 0 saturated heterocycles. The molecule has 2 amide bonds. The van der Waals surface area contributed by atoms with Crippen LogP contribution in [0.3, 0.4) is 0 Å². The fourth-order valence-electron chi connectivity index (χ4n) is 4.26.